The average Bonchev–Trinajstić information content (AvgIpc) is 3.22. The second-order valence-corrected chi connectivity index (χ2v) is 11.6. The number of H-pyrrole nitrogens is 1. The normalized spacial score (nSPS) is 16.4. The van der Waals surface area contributed by atoms with Gasteiger partial charge in [0, 0.05) is 26.3 Å². The van der Waals surface area contributed by atoms with Gasteiger partial charge in [-0.25, -0.2) is 13.4 Å². The Morgan fingerprint density at radius 3 is 2.59 bits per heavy atom. The summed E-state index contributed by atoms with van der Waals surface area (Å²) in [4.78, 5) is 20.7. The van der Waals surface area contributed by atoms with Gasteiger partial charge in [0.15, 0.2) is 0 Å². The first-order valence-corrected chi connectivity index (χ1v) is 14.3. The van der Waals surface area contributed by atoms with Crippen molar-refractivity contribution in [2.75, 3.05) is 26.3 Å². The molecule has 4 rings (SSSR count). The number of hydrogen-bond acceptors (Lipinski definition) is 7. The van der Waals surface area contributed by atoms with Crippen molar-refractivity contribution in [3.8, 4) is 17.1 Å². The third kappa shape index (κ3) is 5.45. The number of sulfonamides is 1. The molecule has 0 amide bonds. The Labute approximate surface area is 217 Å². The second kappa shape index (κ2) is 11.3. The van der Waals surface area contributed by atoms with Crippen LogP contribution < -0.4 is 10.3 Å². The zero-order valence-electron chi connectivity index (χ0n) is 21.6. The fraction of sp³-hybridized carbons (Fsp3) is 0.538. The molecule has 1 atom stereocenters. The average molecular weight is 533 g/mol. The number of aromatic nitrogens is 3. The van der Waals surface area contributed by atoms with Gasteiger partial charge in [-0.2, -0.15) is 4.31 Å². The van der Waals surface area contributed by atoms with Crippen molar-refractivity contribution in [1.82, 2.24) is 18.8 Å². The summed E-state index contributed by atoms with van der Waals surface area (Å²) in [7, 11) is -2.03. The van der Waals surface area contributed by atoms with Gasteiger partial charge < -0.3 is 24.5 Å². The van der Waals surface area contributed by atoms with Gasteiger partial charge in [0.25, 0.3) is 5.56 Å². The Hall–Kier alpha value is -2.73. The Balaban J connectivity index is 1.76. The van der Waals surface area contributed by atoms with Crippen LogP contribution >= 0.6 is 0 Å². The molecule has 3 aromatic rings. The molecule has 11 heteroatoms. The summed E-state index contributed by atoms with van der Waals surface area (Å²) in [5.41, 5.74) is 2.14. The van der Waals surface area contributed by atoms with Gasteiger partial charge in [-0.3, -0.25) is 4.79 Å². The maximum atomic E-state index is 13.5. The Kier molecular flexibility index (Phi) is 8.37. The molecular formula is C26H36N4O6S. The maximum Gasteiger partial charge on any atom is 0.275 e. The van der Waals surface area contributed by atoms with Crippen LogP contribution in [-0.4, -0.2) is 69.9 Å². The van der Waals surface area contributed by atoms with Crippen molar-refractivity contribution in [3.05, 3.63) is 40.3 Å². The number of aromatic amines is 1. The van der Waals surface area contributed by atoms with E-state index in [1.54, 1.807) is 10.6 Å². The van der Waals surface area contributed by atoms with Crippen LogP contribution in [0.15, 0.2) is 34.1 Å². The van der Waals surface area contributed by atoms with E-state index in [9.17, 15) is 23.4 Å². The first kappa shape index (κ1) is 27.3. The van der Waals surface area contributed by atoms with Gasteiger partial charge in [-0.1, -0.05) is 20.3 Å². The SMILES string of the molecule is CCCOc1ccc(S(=O)(=O)N2CCC(C(O)CO)CC2)cc1-c1nc2c(CCC)cn(C)c2c(=O)[nH]1. The molecule has 0 aliphatic carbocycles. The van der Waals surface area contributed by atoms with Crippen LogP contribution in [0.25, 0.3) is 22.4 Å². The summed E-state index contributed by atoms with van der Waals surface area (Å²) in [6.45, 7) is 4.63. The molecule has 1 aliphatic heterocycles. The molecule has 3 N–H and O–H groups in total. The van der Waals surface area contributed by atoms with E-state index in [-0.39, 0.29) is 41.9 Å². The minimum absolute atomic E-state index is 0.0806. The minimum atomic E-state index is -3.84. The highest BCUT2D eigenvalue weighted by atomic mass is 32.2. The number of piperidine rings is 1. The first-order chi connectivity index (χ1) is 17.7. The number of nitrogens with zero attached hydrogens (tertiary/aromatic N) is 3. The van der Waals surface area contributed by atoms with E-state index in [4.69, 9.17) is 9.72 Å². The van der Waals surface area contributed by atoms with E-state index in [1.165, 1.54) is 16.4 Å². The maximum absolute atomic E-state index is 13.5. The lowest BCUT2D eigenvalue weighted by Gasteiger charge is -2.33. The Bertz CT molecular complexity index is 1410. The molecule has 1 aromatic carbocycles. The van der Waals surface area contributed by atoms with Crippen molar-refractivity contribution in [2.45, 2.75) is 57.0 Å². The number of hydrogen-bond donors (Lipinski definition) is 3. The largest absolute Gasteiger partial charge is 0.493 e. The molecule has 2 aromatic heterocycles. The molecule has 1 unspecified atom stereocenters. The van der Waals surface area contributed by atoms with Crippen LogP contribution in [0.2, 0.25) is 0 Å². The van der Waals surface area contributed by atoms with Crippen molar-refractivity contribution < 1.29 is 23.4 Å². The number of rotatable bonds is 10. The van der Waals surface area contributed by atoms with Gasteiger partial charge in [0.05, 0.1) is 35.3 Å². The number of aryl methyl sites for hydroxylation is 2. The number of aliphatic hydroxyl groups excluding tert-OH is 2. The molecule has 1 aliphatic rings. The Morgan fingerprint density at radius 1 is 1.22 bits per heavy atom. The highest BCUT2D eigenvalue weighted by molar-refractivity contribution is 7.89. The van der Waals surface area contributed by atoms with Crippen LogP contribution in [0.4, 0.5) is 0 Å². The summed E-state index contributed by atoms with van der Waals surface area (Å²) >= 11 is 0. The summed E-state index contributed by atoms with van der Waals surface area (Å²) in [5.74, 6) is 0.566. The van der Waals surface area contributed by atoms with Crippen LogP contribution in [0.3, 0.4) is 0 Å². The molecule has 37 heavy (non-hydrogen) atoms. The third-order valence-electron chi connectivity index (χ3n) is 6.96. The standard InChI is InChI=1S/C26H36N4O6S/c1-4-6-18-15-29(3)24-23(18)27-25(28-26(24)33)20-14-19(7-8-22(20)36-13-5-2)37(34,35)30-11-9-17(10-12-30)21(32)16-31/h7-8,14-15,17,21,31-32H,4-6,9-13,16H2,1-3H3,(H,27,28,33). The van der Waals surface area contributed by atoms with Crippen molar-refractivity contribution in [2.24, 2.45) is 13.0 Å². The van der Waals surface area contributed by atoms with Crippen LogP contribution in [0, 0.1) is 5.92 Å². The number of fused-ring (bicyclic) bond motifs is 1. The molecule has 202 valence electrons. The van der Waals surface area contributed by atoms with E-state index >= 15 is 0 Å². The third-order valence-corrected chi connectivity index (χ3v) is 8.85. The van der Waals surface area contributed by atoms with Crippen molar-refractivity contribution >= 4 is 21.1 Å². The lowest BCUT2D eigenvalue weighted by atomic mass is 9.93. The molecule has 3 heterocycles. The summed E-state index contributed by atoms with van der Waals surface area (Å²) < 4.78 is 36.2. The van der Waals surface area contributed by atoms with Gasteiger partial charge in [0.2, 0.25) is 10.0 Å². The van der Waals surface area contributed by atoms with E-state index < -0.39 is 16.1 Å². The lowest BCUT2D eigenvalue weighted by Crippen LogP contribution is -2.41. The number of ether oxygens (including phenoxy) is 1. The predicted octanol–water partition coefficient (Wildman–Crippen LogP) is 2.42. The number of aliphatic hydroxyl groups is 2. The molecule has 0 bridgehead atoms. The van der Waals surface area contributed by atoms with Crippen LogP contribution in [-0.2, 0) is 23.5 Å². The molecular weight excluding hydrogens is 496 g/mol. The summed E-state index contributed by atoms with van der Waals surface area (Å²) in [6, 6.07) is 4.64. The molecule has 1 saturated heterocycles. The van der Waals surface area contributed by atoms with E-state index in [0.29, 0.717) is 41.8 Å². The Morgan fingerprint density at radius 2 is 1.95 bits per heavy atom. The quantitative estimate of drug-likeness (QED) is 0.365. The molecule has 0 spiro atoms. The van der Waals surface area contributed by atoms with E-state index in [1.807, 2.05) is 20.2 Å². The highest BCUT2D eigenvalue weighted by Crippen LogP contribution is 2.33. The van der Waals surface area contributed by atoms with Gasteiger partial charge in [-0.05, 0) is 55.4 Å². The monoisotopic (exact) mass is 532 g/mol. The van der Waals surface area contributed by atoms with E-state index in [0.717, 1.165) is 24.8 Å². The fourth-order valence-corrected chi connectivity index (χ4v) is 6.45. The minimum Gasteiger partial charge on any atom is -0.493 e. The predicted molar refractivity (Wildman–Crippen MR) is 141 cm³/mol. The molecule has 0 radical (unpaired) electrons. The van der Waals surface area contributed by atoms with Gasteiger partial charge in [-0.15, -0.1) is 0 Å². The van der Waals surface area contributed by atoms with E-state index in [2.05, 4.69) is 11.9 Å². The van der Waals surface area contributed by atoms with Crippen molar-refractivity contribution in [3.63, 3.8) is 0 Å². The summed E-state index contributed by atoms with van der Waals surface area (Å²) in [6.07, 6.45) is 4.41. The van der Waals surface area contributed by atoms with Crippen molar-refractivity contribution in [1.29, 1.82) is 0 Å². The zero-order chi connectivity index (χ0) is 26.7. The van der Waals surface area contributed by atoms with Gasteiger partial charge >= 0.3 is 0 Å². The fourth-order valence-electron chi connectivity index (χ4n) is 4.95. The number of benzene rings is 1. The molecule has 1 fully saturated rings. The number of nitrogens with one attached hydrogen (secondary N) is 1. The van der Waals surface area contributed by atoms with Crippen LogP contribution in [0.5, 0.6) is 5.75 Å². The first-order valence-electron chi connectivity index (χ1n) is 12.9. The zero-order valence-corrected chi connectivity index (χ0v) is 22.4. The highest BCUT2D eigenvalue weighted by Gasteiger charge is 2.32. The van der Waals surface area contributed by atoms with Gasteiger partial charge in [0.1, 0.15) is 17.1 Å². The lowest BCUT2D eigenvalue weighted by molar-refractivity contribution is 0.0278. The summed E-state index contributed by atoms with van der Waals surface area (Å²) in [5, 5.41) is 19.2. The second-order valence-electron chi connectivity index (χ2n) is 9.62. The smallest absolute Gasteiger partial charge is 0.275 e. The molecule has 0 saturated carbocycles. The molecule has 10 nitrogen and oxygen atoms in total. The van der Waals surface area contributed by atoms with Crippen LogP contribution in [0.1, 0.15) is 45.1 Å². The topological polar surface area (TPSA) is 138 Å².